The number of carboxylic acid groups (broad SMARTS) is 1. The number of aromatic carboxylic acids is 1. The van der Waals surface area contributed by atoms with E-state index >= 15 is 0 Å². The fourth-order valence-corrected chi connectivity index (χ4v) is 3.74. The third-order valence-corrected chi connectivity index (χ3v) is 5.53. The zero-order chi connectivity index (χ0) is 23.2. The Morgan fingerprint density at radius 1 is 1.09 bits per heavy atom. The predicted octanol–water partition coefficient (Wildman–Crippen LogP) is 2.97. The van der Waals surface area contributed by atoms with Gasteiger partial charge in [0.05, 0.1) is 17.0 Å². The fraction of sp³-hybridized carbons (Fsp3) is 0.0909. The molecule has 33 heavy (non-hydrogen) atoms. The molecule has 0 saturated heterocycles. The van der Waals surface area contributed by atoms with E-state index in [0.29, 0.717) is 6.54 Å². The van der Waals surface area contributed by atoms with Crippen LogP contribution in [0.4, 0.5) is 4.39 Å². The molecule has 9 nitrogen and oxygen atoms in total. The third kappa shape index (κ3) is 5.39. The van der Waals surface area contributed by atoms with E-state index < -0.39 is 17.3 Å². The van der Waals surface area contributed by atoms with Crippen molar-refractivity contribution >= 4 is 23.6 Å². The van der Waals surface area contributed by atoms with Gasteiger partial charge in [0.25, 0.3) is 0 Å². The first-order chi connectivity index (χ1) is 16.0. The monoisotopic (exact) mass is 464 g/mol. The quantitative estimate of drug-likeness (QED) is 0.382. The molecule has 11 heteroatoms. The molecule has 0 unspecified atom stereocenters. The summed E-state index contributed by atoms with van der Waals surface area (Å²) in [5.41, 5.74) is 2.73. The molecule has 0 saturated carbocycles. The van der Waals surface area contributed by atoms with E-state index in [1.54, 1.807) is 12.4 Å². The first kappa shape index (κ1) is 22.1. The molecule has 2 aromatic heterocycles. The zero-order valence-electron chi connectivity index (χ0n) is 17.1. The minimum Gasteiger partial charge on any atom is -0.478 e. The van der Waals surface area contributed by atoms with Crippen LogP contribution in [0.15, 0.2) is 72.1 Å². The minimum atomic E-state index is -1.37. The lowest BCUT2D eigenvalue weighted by Gasteiger charge is -2.08. The van der Waals surface area contributed by atoms with Crippen LogP contribution < -0.4 is 5.32 Å². The summed E-state index contributed by atoms with van der Waals surface area (Å²) in [5.74, 6) is -2.46. The average Bonchev–Trinajstić information content (AvgIpc) is 3.30. The normalized spacial score (nSPS) is 10.7. The first-order valence-electron chi connectivity index (χ1n) is 9.71. The Bertz CT molecular complexity index is 1300. The van der Waals surface area contributed by atoms with E-state index in [1.807, 2.05) is 36.4 Å². The zero-order valence-corrected chi connectivity index (χ0v) is 17.9. The second-order valence-corrected chi connectivity index (χ2v) is 7.79. The van der Waals surface area contributed by atoms with Crippen molar-refractivity contribution in [2.75, 3.05) is 5.75 Å². The molecule has 2 heterocycles. The Kier molecular flexibility index (Phi) is 6.69. The number of amides is 1. The molecule has 0 fully saturated rings. The lowest BCUT2D eigenvalue weighted by Crippen LogP contribution is -2.24. The molecule has 1 amide bonds. The Morgan fingerprint density at radius 3 is 2.70 bits per heavy atom. The minimum absolute atomic E-state index is 0.0400. The van der Waals surface area contributed by atoms with Crippen molar-refractivity contribution in [3.8, 4) is 16.8 Å². The van der Waals surface area contributed by atoms with Crippen molar-refractivity contribution < 1.29 is 19.1 Å². The number of nitrogens with one attached hydrogen (secondary N) is 1. The van der Waals surface area contributed by atoms with Crippen LogP contribution in [-0.2, 0) is 11.3 Å². The van der Waals surface area contributed by atoms with Crippen LogP contribution >= 0.6 is 11.8 Å². The molecular formula is C22H17FN6O3S. The van der Waals surface area contributed by atoms with E-state index in [1.165, 1.54) is 10.7 Å². The van der Waals surface area contributed by atoms with Crippen LogP contribution in [0.25, 0.3) is 16.8 Å². The highest BCUT2D eigenvalue weighted by molar-refractivity contribution is 7.99. The fourth-order valence-electron chi connectivity index (χ4n) is 3.02. The van der Waals surface area contributed by atoms with Gasteiger partial charge in [0.2, 0.25) is 11.1 Å². The van der Waals surface area contributed by atoms with Gasteiger partial charge in [0.15, 0.2) is 0 Å². The van der Waals surface area contributed by atoms with Gasteiger partial charge < -0.3 is 10.4 Å². The SMILES string of the molecule is O=C(CSc1nnnn1-c1ccc(C(=O)O)c(F)c1)NCc1cccc(-c2cccnc2)c1. The highest BCUT2D eigenvalue weighted by Gasteiger charge is 2.15. The van der Waals surface area contributed by atoms with Gasteiger partial charge in [-0.15, -0.1) is 5.10 Å². The molecule has 0 spiro atoms. The van der Waals surface area contributed by atoms with E-state index in [9.17, 15) is 14.0 Å². The lowest BCUT2D eigenvalue weighted by atomic mass is 10.0. The number of tetrazole rings is 1. The maximum absolute atomic E-state index is 14.0. The number of carbonyl (C=O) groups is 2. The second kappa shape index (κ2) is 10.0. The van der Waals surface area contributed by atoms with Gasteiger partial charge >= 0.3 is 5.97 Å². The van der Waals surface area contributed by atoms with E-state index in [0.717, 1.165) is 40.6 Å². The molecule has 2 N–H and O–H groups in total. The number of rotatable bonds is 8. The standard InChI is InChI=1S/C22H17FN6O3S/c23-19-10-17(6-7-18(19)21(31)32)29-22(26-27-28-29)33-13-20(30)25-11-14-3-1-4-15(9-14)16-5-2-8-24-12-16/h1-10,12H,11,13H2,(H,25,30)(H,31,32). The van der Waals surface area contributed by atoms with E-state index in [2.05, 4.69) is 25.8 Å². The van der Waals surface area contributed by atoms with Crippen molar-refractivity contribution in [1.82, 2.24) is 30.5 Å². The van der Waals surface area contributed by atoms with Crippen LogP contribution in [0.1, 0.15) is 15.9 Å². The van der Waals surface area contributed by atoms with Crippen molar-refractivity contribution in [1.29, 1.82) is 0 Å². The summed E-state index contributed by atoms with van der Waals surface area (Å²) in [7, 11) is 0. The number of thioether (sulfide) groups is 1. The third-order valence-electron chi connectivity index (χ3n) is 4.61. The maximum Gasteiger partial charge on any atom is 0.338 e. The number of benzene rings is 2. The van der Waals surface area contributed by atoms with E-state index in [4.69, 9.17) is 5.11 Å². The largest absolute Gasteiger partial charge is 0.478 e. The van der Waals surface area contributed by atoms with Crippen LogP contribution in [0, 0.1) is 5.82 Å². The molecule has 0 bridgehead atoms. The topological polar surface area (TPSA) is 123 Å². The van der Waals surface area contributed by atoms with Gasteiger partial charge in [-0.3, -0.25) is 9.78 Å². The van der Waals surface area contributed by atoms with E-state index in [-0.39, 0.29) is 22.5 Å². The summed E-state index contributed by atoms with van der Waals surface area (Å²) < 4.78 is 15.2. The van der Waals surface area contributed by atoms with Crippen molar-refractivity contribution in [3.63, 3.8) is 0 Å². The number of pyridine rings is 1. The number of aromatic nitrogens is 5. The molecule has 0 aliphatic heterocycles. The van der Waals surface area contributed by atoms with Crippen molar-refractivity contribution in [2.24, 2.45) is 0 Å². The molecule has 0 atom stereocenters. The molecule has 0 aliphatic rings. The molecule has 0 aliphatic carbocycles. The average molecular weight is 464 g/mol. The number of nitrogens with zero attached hydrogens (tertiary/aromatic N) is 5. The van der Waals surface area contributed by atoms with Gasteiger partial charge in [0, 0.05) is 25.0 Å². The summed E-state index contributed by atoms with van der Waals surface area (Å²) in [6.07, 6.45) is 3.49. The summed E-state index contributed by atoms with van der Waals surface area (Å²) >= 11 is 1.08. The van der Waals surface area contributed by atoms with Gasteiger partial charge in [-0.1, -0.05) is 36.0 Å². The summed E-state index contributed by atoms with van der Waals surface area (Å²) in [5, 5.41) is 23.3. The van der Waals surface area contributed by atoms with Crippen molar-refractivity contribution in [2.45, 2.75) is 11.7 Å². The molecule has 166 valence electrons. The Labute approximate surface area is 191 Å². The smallest absolute Gasteiger partial charge is 0.338 e. The van der Waals surface area contributed by atoms with Crippen molar-refractivity contribution in [3.05, 3.63) is 83.9 Å². The van der Waals surface area contributed by atoms with Gasteiger partial charge in [0.1, 0.15) is 5.82 Å². The van der Waals surface area contributed by atoms with Crippen LogP contribution in [0.5, 0.6) is 0 Å². The summed E-state index contributed by atoms with van der Waals surface area (Å²) in [6, 6.07) is 15.2. The summed E-state index contributed by atoms with van der Waals surface area (Å²) in [4.78, 5) is 27.4. The number of hydrogen-bond acceptors (Lipinski definition) is 7. The summed E-state index contributed by atoms with van der Waals surface area (Å²) in [6.45, 7) is 0.348. The Morgan fingerprint density at radius 2 is 1.94 bits per heavy atom. The second-order valence-electron chi connectivity index (χ2n) is 6.85. The highest BCUT2D eigenvalue weighted by atomic mass is 32.2. The molecule has 0 radical (unpaired) electrons. The lowest BCUT2D eigenvalue weighted by molar-refractivity contribution is -0.118. The molecule has 2 aromatic carbocycles. The van der Waals surface area contributed by atoms with Gasteiger partial charge in [-0.25, -0.2) is 9.18 Å². The molecular weight excluding hydrogens is 447 g/mol. The first-order valence-corrected chi connectivity index (χ1v) is 10.7. The molecule has 4 aromatic rings. The Balaban J connectivity index is 1.36. The van der Waals surface area contributed by atoms with Crippen LogP contribution in [0.2, 0.25) is 0 Å². The number of carboxylic acids is 1. The van der Waals surface area contributed by atoms with Crippen LogP contribution in [-0.4, -0.2) is 47.9 Å². The van der Waals surface area contributed by atoms with Gasteiger partial charge in [-0.05, 0) is 51.4 Å². The number of hydrogen-bond donors (Lipinski definition) is 2. The van der Waals surface area contributed by atoms with Gasteiger partial charge in [-0.2, -0.15) is 4.68 Å². The Hall–Kier alpha value is -4.12. The maximum atomic E-state index is 14.0. The predicted molar refractivity (Wildman–Crippen MR) is 118 cm³/mol. The number of halogens is 1. The highest BCUT2D eigenvalue weighted by Crippen LogP contribution is 2.21. The molecule has 4 rings (SSSR count). The number of carbonyl (C=O) groups excluding carboxylic acids is 1. The van der Waals surface area contributed by atoms with Crippen LogP contribution in [0.3, 0.4) is 0 Å².